The Morgan fingerprint density at radius 3 is 2.82 bits per heavy atom. The van der Waals surface area contributed by atoms with Gasteiger partial charge in [-0.1, -0.05) is 15.9 Å². The summed E-state index contributed by atoms with van der Waals surface area (Å²) in [6.07, 6.45) is 0. The van der Waals surface area contributed by atoms with Gasteiger partial charge in [-0.05, 0) is 30.3 Å². The minimum absolute atomic E-state index is 0.813. The monoisotopic (exact) mass is 307 g/mol. The van der Waals surface area contributed by atoms with E-state index in [-0.39, 0.29) is 0 Å². The summed E-state index contributed by atoms with van der Waals surface area (Å²) in [5.74, 6) is 0.958. The highest BCUT2D eigenvalue weighted by atomic mass is 79.9. The normalized spacial score (nSPS) is 11.2. The number of hydrogen-bond acceptors (Lipinski definition) is 3. The topological polar surface area (TPSA) is 43.8 Å². The Morgan fingerprint density at radius 1 is 1.29 bits per heavy atom. The summed E-state index contributed by atoms with van der Waals surface area (Å²) in [7, 11) is 2.02. The van der Waals surface area contributed by atoms with Gasteiger partial charge < -0.3 is 10.3 Å². The largest absolute Gasteiger partial charge is 0.391 e. The van der Waals surface area contributed by atoms with Gasteiger partial charge in [-0.3, -0.25) is 0 Å². The maximum atomic E-state index is 5.76. The van der Waals surface area contributed by atoms with Gasteiger partial charge in [-0.25, -0.2) is 4.98 Å². The van der Waals surface area contributed by atoms with Crippen LogP contribution >= 0.6 is 27.3 Å². The molecular formula is C12H10BrN3S. The standard InChI is InChI=1S/C12H10BrN3S/c1-16-9-3-2-7(13)6-8(9)15-12(16)10-4-5-11(14)17-10/h2-6H,14H2,1H3. The second-order valence-electron chi connectivity index (χ2n) is 3.83. The van der Waals surface area contributed by atoms with Crippen LogP contribution in [-0.4, -0.2) is 9.55 Å². The Bertz CT molecular complexity index is 699. The number of aromatic nitrogens is 2. The lowest BCUT2D eigenvalue weighted by Crippen LogP contribution is -1.90. The van der Waals surface area contributed by atoms with Gasteiger partial charge in [0.1, 0.15) is 0 Å². The number of imidazole rings is 1. The Balaban J connectivity index is 2.27. The summed E-state index contributed by atoms with van der Waals surface area (Å²) in [5, 5.41) is 0.813. The molecule has 86 valence electrons. The SMILES string of the molecule is Cn1c(-c2ccc(N)s2)nc2cc(Br)ccc21. The van der Waals surface area contributed by atoms with E-state index in [0.717, 1.165) is 31.2 Å². The first-order chi connectivity index (χ1) is 8.15. The van der Waals surface area contributed by atoms with Gasteiger partial charge in [0.05, 0.1) is 20.9 Å². The zero-order valence-corrected chi connectivity index (χ0v) is 11.5. The van der Waals surface area contributed by atoms with E-state index in [1.807, 2.05) is 31.3 Å². The van der Waals surface area contributed by atoms with E-state index < -0.39 is 0 Å². The van der Waals surface area contributed by atoms with E-state index in [9.17, 15) is 0 Å². The van der Waals surface area contributed by atoms with Crippen molar-refractivity contribution in [1.29, 1.82) is 0 Å². The lowest BCUT2D eigenvalue weighted by molar-refractivity contribution is 0.963. The molecule has 17 heavy (non-hydrogen) atoms. The van der Waals surface area contributed by atoms with Crippen LogP contribution in [0, 0.1) is 0 Å². The number of nitrogens with two attached hydrogens (primary N) is 1. The average molecular weight is 308 g/mol. The van der Waals surface area contributed by atoms with Crippen LogP contribution in [0.25, 0.3) is 21.7 Å². The smallest absolute Gasteiger partial charge is 0.151 e. The highest BCUT2D eigenvalue weighted by molar-refractivity contribution is 9.10. The number of thiophene rings is 1. The fourth-order valence-electron chi connectivity index (χ4n) is 1.87. The molecule has 0 aliphatic carbocycles. The molecule has 0 spiro atoms. The van der Waals surface area contributed by atoms with Crippen molar-refractivity contribution in [3.05, 3.63) is 34.8 Å². The zero-order chi connectivity index (χ0) is 12.0. The molecule has 0 aliphatic rings. The van der Waals surface area contributed by atoms with Gasteiger partial charge in [0.15, 0.2) is 5.82 Å². The van der Waals surface area contributed by atoms with Crippen molar-refractivity contribution < 1.29 is 0 Å². The predicted octanol–water partition coefficient (Wildman–Crippen LogP) is 3.65. The maximum Gasteiger partial charge on any atom is 0.151 e. The van der Waals surface area contributed by atoms with Gasteiger partial charge in [0.25, 0.3) is 0 Å². The zero-order valence-electron chi connectivity index (χ0n) is 9.14. The Morgan fingerprint density at radius 2 is 2.12 bits per heavy atom. The van der Waals surface area contributed by atoms with Crippen molar-refractivity contribution in [3.8, 4) is 10.7 Å². The molecule has 2 N–H and O–H groups in total. The van der Waals surface area contributed by atoms with Crippen molar-refractivity contribution in [1.82, 2.24) is 9.55 Å². The van der Waals surface area contributed by atoms with Crippen molar-refractivity contribution in [2.45, 2.75) is 0 Å². The molecule has 5 heteroatoms. The average Bonchev–Trinajstić information content (AvgIpc) is 2.83. The van der Waals surface area contributed by atoms with E-state index in [1.54, 1.807) is 11.3 Å². The summed E-state index contributed by atoms with van der Waals surface area (Å²) >= 11 is 5.02. The van der Waals surface area contributed by atoms with Gasteiger partial charge in [0, 0.05) is 11.5 Å². The molecule has 0 aliphatic heterocycles. The number of halogens is 1. The van der Waals surface area contributed by atoms with Crippen LogP contribution in [0.15, 0.2) is 34.8 Å². The number of aryl methyl sites for hydroxylation is 1. The molecule has 0 saturated heterocycles. The van der Waals surface area contributed by atoms with Gasteiger partial charge >= 0.3 is 0 Å². The summed E-state index contributed by atoms with van der Waals surface area (Å²) in [5.41, 5.74) is 7.87. The first kappa shape index (κ1) is 10.8. The second-order valence-corrected chi connectivity index (χ2v) is 5.86. The molecule has 3 rings (SSSR count). The maximum absolute atomic E-state index is 5.76. The second kappa shape index (κ2) is 3.85. The third-order valence-corrected chi connectivity index (χ3v) is 4.09. The van der Waals surface area contributed by atoms with Crippen LogP contribution in [0.1, 0.15) is 0 Å². The number of hydrogen-bond donors (Lipinski definition) is 1. The summed E-state index contributed by atoms with van der Waals surface area (Å²) in [4.78, 5) is 5.74. The number of nitrogen functional groups attached to an aromatic ring is 1. The summed E-state index contributed by atoms with van der Waals surface area (Å²) in [6.45, 7) is 0. The molecule has 0 saturated carbocycles. The van der Waals surface area contributed by atoms with Crippen molar-refractivity contribution >= 4 is 43.3 Å². The molecule has 2 heterocycles. The Hall–Kier alpha value is -1.33. The number of fused-ring (bicyclic) bond motifs is 1. The highest BCUT2D eigenvalue weighted by Gasteiger charge is 2.11. The predicted molar refractivity (Wildman–Crippen MR) is 76.1 cm³/mol. The third-order valence-electron chi connectivity index (χ3n) is 2.69. The van der Waals surface area contributed by atoms with Crippen LogP contribution in [0.2, 0.25) is 0 Å². The first-order valence-corrected chi connectivity index (χ1v) is 6.74. The molecule has 0 amide bonds. The Labute approximate surface area is 111 Å². The van der Waals surface area contributed by atoms with Crippen LogP contribution in [0.4, 0.5) is 5.00 Å². The minimum atomic E-state index is 0.813. The lowest BCUT2D eigenvalue weighted by Gasteiger charge is -1.98. The van der Waals surface area contributed by atoms with E-state index in [1.165, 1.54) is 0 Å². The molecule has 0 radical (unpaired) electrons. The van der Waals surface area contributed by atoms with Crippen LogP contribution in [-0.2, 0) is 7.05 Å². The summed E-state index contributed by atoms with van der Waals surface area (Å²) < 4.78 is 3.13. The molecule has 3 aromatic rings. The molecule has 2 aromatic heterocycles. The minimum Gasteiger partial charge on any atom is -0.391 e. The molecule has 0 bridgehead atoms. The number of anilines is 1. The molecule has 1 aromatic carbocycles. The Kier molecular flexibility index (Phi) is 2.45. The van der Waals surface area contributed by atoms with Gasteiger partial charge in [-0.2, -0.15) is 0 Å². The van der Waals surface area contributed by atoms with Crippen LogP contribution < -0.4 is 5.73 Å². The highest BCUT2D eigenvalue weighted by Crippen LogP contribution is 2.31. The first-order valence-electron chi connectivity index (χ1n) is 5.13. The molecule has 0 atom stereocenters. The molecule has 0 unspecified atom stereocenters. The van der Waals surface area contributed by atoms with Crippen LogP contribution in [0.5, 0.6) is 0 Å². The van der Waals surface area contributed by atoms with Crippen LogP contribution in [0.3, 0.4) is 0 Å². The number of rotatable bonds is 1. The van der Waals surface area contributed by atoms with E-state index in [0.29, 0.717) is 0 Å². The fraction of sp³-hybridized carbons (Fsp3) is 0.0833. The van der Waals surface area contributed by atoms with Crippen molar-refractivity contribution in [2.24, 2.45) is 7.05 Å². The quantitative estimate of drug-likeness (QED) is 0.746. The van der Waals surface area contributed by atoms with Gasteiger partial charge in [0.2, 0.25) is 0 Å². The molecule has 3 nitrogen and oxygen atoms in total. The van der Waals surface area contributed by atoms with Gasteiger partial charge in [-0.15, -0.1) is 11.3 Å². The molecule has 0 fully saturated rings. The number of benzene rings is 1. The fourth-order valence-corrected chi connectivity index (χ4v) is 3.02. The van der Waals surface area contributed by atoms with Crippen molar-refractivity contribution in [2.75, 3.05) is 5.73 Å². The van der Waals surface area contributed by atoms with E-state index >= 15 is 0 Å². The lowest BCUT2D eigenvalue weighted by atomic mass is 10.3. The van der Waals surface area contributed by atoms with E-state index in [2.05, 4.69) is 31.5 Å². The third kappa shape index (κ3) is 1.75. The summed E-state index contributed by atoms with van der Waals surface area (Å²) in [6, 6.07) is 10.0. The van der Waals surface area contributed by atoms with Crippen molar-refractivity contribution in [3.63, 3.8) is 0 Å². The molecular weight excluding hydrogens is 298 g/mol. The van der Waals surface area contributed by atoms with E-state index in [4.69, 9.17) is 5.73 Å². The number of nitrogens with zero attached hydrogens (tertiary/aromatic N) is 2.